The number of ether oxygens (including phenoxy) is 2. The van der Waals surface area contributed by atoms with Gasteiger partial charge in [0.2, 0.25) is 0 Å². The number of methoxy groups -OCH3 is 1. The average molecular weight is 419 g/mol. The Hall–Kier alpha value is -3.75. The van der Waals surface area contributed by atoms with E-state index in [-0.39, 0.29) is 5.57 Å². The van der Waals surface area contributed by atoms with Crippen molar-refractivity contribution in [2.24, 2.45) is 0 Å². The number of hydrogen-bond acceptors (Lipinski definition) is 4. The minimum absolute atomic E-state index is 0.0371. The molecule has 0 aliphatic rings. The molecule has 0 atom stereocenters. The zero-order valence-corrected chi connectivity index (χ0v) is 17.0. The van der Waals surface area contributed by atoms with Gasteiger partial charge in [0.05, 0.1) is 7.11 Å². The van der Waals surface area contributed by atoms with E-state index >= 15 is 0 Å². The summed E-state index contributed by atoms with van der Waals surface area (Å²) < 4.78 is 11.2. The Morgan fingerprint density at radius 1 is 1.07 bits per heavy atom. The van der Waals surface area contributed by atoms with Crippen LogP contribution in [0.25, 0.3) is 6.08 Å². The van der Waals surface area contributed by atoms with Gasteiger partial charge in [-0.2, -0.15) is 5.26 Å². The molecular weight excluding hydrogens is 400 g/mol. The normalized spacial score (nSPS) is 10.8. The zero-order valence-electron chi connectivity index (χ0n) is 16.3. The summed E-state index contributed by atoms with van der Waals surface area (Å²) in [5.41, 5.74) is 2.19. The number of anilines is 1. The third-order valence-electron chi connectivity index (χ3n) is 4.20. The van der Waals surface area contributed by atoms with Gasteiger partial charge in [0, 0.05) is 10.7 Å². The summed E-state index contributed by atoms with van der Waals surface area (Å²) in [6, 6.07) is 23.6. The summed E-state index contributed by atoms with van der Waals surface area (Å²) >= 11 is 5.85. The van der Waals surface area contributed by atoms with E-state index in [0.717, 1.165) is 5.56 Å². The van der Waals surface area contributed by atoms with Crippen LogP contribution in [0, 0.1) is 11.3 Å². The lowest BCUT2D eigenvalue weighted by Gasteiger charge is -2.11. The molecule has 0 aliphatic carbocycles. The van der Waals surface area contributed by atoms with Crippen LogP contribution >= 0.6 is 11.6 Å². The standard InChI is InChI=1S/C24H19ClN2O3/c1-29-23-14-18(7-12-22(23)30-16-17-5-3-2-4-6-17)13-19(15-26)24(28)27-21-10-8-20(25)9-11-21/h2-14H,16H2,1H3,(H,27,28)/b19-13-. The molecule has 0 bridgehead atoms. The number of carbonyl (C=O) groups excluding carboxylic acids is 1. The van der Waals surface area contributed by atoms with Gasteiger partial charge in [-0.1, -0.05) is 48.0 Å². The van der Waals surface area contributed by atoms with Crippen LogP contribution in [0.2, 0.25) is 5.02 Å². The number of amides is 1. The summed E-state index contributed by atoms with van der Waals surface area (Å²) in [6.45, 7) is 0.402. The minimum Gasteiger partial charge on any atom is -0.493 e. The predicted molar refractivity (Wildman–Crippen MR) is 117 cm³/mol. The third kappa shape index (κ3) is 5.63. The molecule has 0 heterocycles. The average Bonchev–Trinajstić information content (AvgIpc) is 2.78. The second kappa shape index (κ2) is 10.1. The molecule has 3 aromatic rings. The number of nitrogens with one attached hydrogen (secondary N) is 1. The van der Waals surface area contributed by atoms with Crippen LogP contribution in [0.15, 0.2) is 78.4 Å². The number of halogens is 1. The first-order valence-electron chi connectivity index (χ1n) is 9.12. The number of nitriles is 1. The summed E-state index contributed by atoms with van der Waals surface area (Å²) in [6.07, 6.45) is 1.49. The quantitative estimate of drug-likeness (QED) is 0.407. The fourth-order valence-electron chi connectivity index (χ4n) is 2.68. The van der Waals surface area contributed by atoms with Gasteiger partial charge in [0.15, 0.2) is 11.5 Å². The molecule has 6 heteroatoms. The maximum Gasteiger partial charge on any atom is 0.266 e. The number of benzene rings is 3. The Morgan fingerprint density at radius 2 is 1.80 bits per heavy atom. The van der Waals surface area contributed by atoms with Crippen molar-refractivity contribution in [2.75, 3.05) is 12.4 Å². The van der Waals surface area contributed by atoms with Gasteiger partial charge >= 0.3 is 0 Å². The van der Waals surface area contributed by atoms with Gasteiger partial charge in [-0.05, 0) is 53.6 Å². The largest absolute Gasteiger partial charge is 0.493 e. The lowest BCUT2D eigenvalue weighted by atomic mass is 10.1. The molecule has 3 rings (SSSR count). The van der Waals surface area contributed by atoms with Crippen molar-refractivity contribution in [3.63, 3.8) is 0 Å². The van der Waals surface area contributed by atoms with Crippen molar-refractivity contribution in [3.05, 3.63) is 94.5 Å². The Labute approximate surface area is 180 Å². The predicted octanol–water partition coefficient (Wildman–Crippen LogP) is 5.47. The number of carbonyl (C=O) groups is 1. The highest BCUT2D eigenvalue weighted by atomic mass is 35.5. The van der Waals surface area contributed by atoms with Crippen LogP contribution in [-0.2, 0) is 11.4 Å². The molecule has 0 saturated carbocycles. The van der Waals surface area contributed by atoms with E-state index in [9.17, 15) is 10.1 Å². The molecule has 0 saturated heterocycles. The number of hydrogen-bond donors (Lipinski definition) is 1. The van der Waals surface area contributed by atoms with Crippen LogP contribution in [0.3, 0.4) is 0 Å². The highest BCUT2D eigenvalue weighted by molar-refractivity contribution is 6.30. The lowest BCUT2D eigenvalue weighted by molar-refractivity contribution is -0.112. The first kappa shape index (κ1) is 21.0. The van der Waals surface area contributed by atoms with E-state index < -0.39 is 5.91 Å². The van der Waals surface area contributed by atoms with Crippen molar-refractivity contribution in [1.82, 2.24) is 0 Å². The van der Waals surface area contributed by atoms with Gasteiger partial charge in [-0.25, -0.2) is 0 Å². The first-order chi connectivity index (χ1) is 14.6. The molecule has 0 aliphatic heterocycles. The van der Waals surface area contributed by atoms with Crippen molar-refractivity contribution >= 4 is 29.3 Å². The zero-order chi connectivity index (χ0) is 21.3. The highest BCUT2D eigenvalue weighted by Crippen LogP contribution is 2.29. The molecule has 1 amide bonds. The second-order valence-electron chi connectivity index (χ2n) is 6.32. The fourth-order valence-corrected chi connectivity index (χ4v) is 2.80. The van der Waals surface area contributed by atoms with Gasteiger partial charge in [-0.15, -0.1) is 0 Å². The maximum atomic E-state index is 12.4. The van der Waals surface area contributed by atoms with Crippen LogP contribution in [0.5, 0.6) is 11.5 Å². The molecular formula is C24H19ClN2O3. The number of nitrogens with zero attached hydrogens (tertiary/aromatic N) is 1. The van der Waals surface area contributed by atoms with Crippen LogP contribution in [-0.4, -0.2) is 13.0 Å². The van der Waals surface area contributed by atoms with E-state index in [4.69, 9.17) is 21.1 Å². The van der Waals surface area contributed by atoms with Gasteiger partial charge in [0.25, 0.3) is 5.91 Å². The van der Waals surface area contributed by atoms with Crippen molar-refractivity contribution < 1.29 is 14.3 Å². The Balaban J connectivity index is 1.74. The van der Waals surface area contributed by atoms with E-state index in [1.165, 1.54) is 13.2 Å². The summed E-state index contributed by atoms with van der Waals surface area (Å²) in [4.78, 5) is 12.4. The molecule has 30 heavy (non-hydrogen) atoms. The van der Waals surface area contributed by atoms with Crippen LogP contribution in [0.4, 0.5) is 5.69 Å². The van der Waals surface area contributed by atoms with Gasteiger partial charge < -0.3 is 14.8 Å². The first-order valence-corrected chi connectivity index (χ1v) is 9.50. The molecule has 0 radical (unpaired) electrons. The summed E-state index contributed by atoms with van der Waals surface area (Å²) in [7, 11) is 1.54. The number of rotatable bonds is 7. The maximum absolute atomic E-state index is 12.4. The Kier molecular flexibility index (Phi) is 7.09. The third-order valence-corrected chi connectivity index (χ3v) is 4.45. The molecule has 1 N–H and O–H groups in total. The van der Waals surface area contributed by atoms with Crippen LogP contribution in [0.1, 0.15) is 11.1 Å². The Bertz CT molecular complexity index is 1090. The minimum atomic E-state index is -0.511. The highest BCUT2D eigenvalue weighted by Gasteiger charge is 2.11. The van der Waals surface area contributed by atoms with Crippen molar-refractivity contribution in [3.8, 4) is 17.6 Å². The van der Waals surface area contributed by atoms with E-state index in [0.29, 0.717) is 34.4 Å². The van der Waals surface area contributed by atoms with E-state index in [2.05, 4.69) is 5.32 Å². The smallest absolute Gasteiger partial charge is 0.266 e. The Morgan fingerprint density at radius 3 is 2.47 bits per heavy atom. The topological polar surface area (TPSA) is 71.3 Å². The summed E-state index contributed by atoms with van der Waals surface area (Å²) in [5.74, 6) is 0.570. The van der Waals surface area contributed by atoms with Crippen LogP contribution < -0.4 is 14.8 Å². The monoisotopic (exact) mass is 418 g/mol. The second-order valence-corrected chi connectivity index (χ2v) is 6.75. The van der Waals surface area contributed by atoms with Gasteiger partial charge in [-0.3, -0.25) is 4.79 Å². The lowest BCUT2D eigenvalue weighted by Crippen LogP contribution is -2.13. The molecule has 0 unspecified atom stereocenters. The van der Waals surface area contributed by atoms with E-state index in [1.807, 2.05) is 36.4 Å². The summed E-state index contributed by atoms with van der Waals surface area (Å²) in [5, 5.41) is 12.7. The SMILES string of the molecule is COc1cc(/C=C(/C#N)C(=O)Nc2ccc(Cl)cc2)ccc1OCc1ccccc1. The molecule has 3 aromatic carbocycles. The van der Waals surface area contributed by atoms with E-state index in [1.54, 1.807) is 42.5 Å². The fraction of sp³-hybridized carbons (Fsp3) is 0.0833. The van der Waals surface area contributed by atoms with Gasteiger partial charge in [0.1, 0.15) is 18.2 Å². The molecule has 5 nitrogen and oxygen atoms in total. The molecule has 0 fully saturated rings. The molecule has 0 spiro atoms. The van der Waals surface area contributed by atoms with Crippen molar-refractivity contribution in [2.45, 2.75) is 6.61 Å². The van der Waals surface area contributed by atoms with Crippen molar-refractivity contribution in [1.29, 1.82) is 5.26 Å². The molecule has 150 valence electrons. The molecule has 0 aromatic heterocycles.